The molecule has 11 nitrogen and oxygen atoms in total. The molecule has 1 heterocycles. The molecule has 0 amide bonds. The third kappa shape index (κ3) is 2.54. The maximum Gasteiger partial charge on any atom is 0.323 e. The summed E-state index contributed by atoms with van der Waals surface area (Å²) in [5, 5.41) is 32.3. The lowest BCUT2D eigenvalue weighted by Crippen LogP contribution is -2.01. The third-order valence-corrected chi connectivity index (χ3v) is 3.25. The fourth-order valence-corrected chi connectivity index (χ4v) is 2.16. The summed E-state index contributed by atoms with van der Waals surface area (Å²) in [5.74, 6) is 0.290. The van der Waals surface area contributed by atoms with Crippen LogP contribution < -0.4 is 10.1 Å². The van der Waals surface area contributed by atoms with Crippen LogP contribution in [0.25, 0.3) is 11.0 Å². The number of fused-ring (bicyclic) bond motifs is 1. The Kier molecular flexibility index (Phi) is 3.66. The molecule has 2 aromatic carbocycles. The van der Waals surface area contributed by atoms with E-state index in [2.05, 4.69) is 20.3 Å². The van der Waals surface area contributed by atoms with E-state index in [9.17, 15) is 20.2 Å². The number of aromatic nitrogens is 2. The smallest absolute Gasteiger partial charge is 0.323 e. The van der Waals surface area contributed by atoms with Crippen molar-refractivity contribution < 1.29 is 19.2 Å². The first-order valence-electron chi connectivity index (χ1n) is 6.50. The standard InChI is InChI=1S/C13H9N5O6/c1-23-7-2-3-8(11(6-7)17(19)20)14-10-5-4-9-12(16-24-15-9)13(10)18(21)22/h2-6,14H,1H3. The van der Waals surface area contributed by atoms with E-state index in [1.165, 1.54) is 37.4 Å². The van der Waals surface area contributed by atoms with Crippen LogP contribution in [0.5, 0.6) is 5.75 Å². The molecule has 0 fully saturated rings. The van der Waals surface area contributed by atoms with Crippen molar-refractivity contribution in [1.82, 2.24) is 10.3 Å². The van der Waals surface area contributed by atoms with E-state index in [1.807, 2.05) is 0 Å². The van der Waals surface area contributed by atoms with E-state index < -0.39 is 9.85 Å². The maximum absolute atomic E-state index is 11.3. The van der Waals surface area contributed by atoms with Crippen LogP contribution in [-0.4, -0.2) is 27.3 Å². The van der Waals surface area contributed by atoms with E-state index in [0.29, 0.717) is 0 Å². The average molecular weight is 331 g/mol. The van der Waals surface area contributed by atoms with Crippen molar-refractivity contribution in [2.75, 3.05) is 12.4 Å². The molecular formula is C13H9N5O6. The molecule has 11 heteroatoms. The van der Waals surface area contributed by atoms with Gasteiger partial charge in [-0.2, -0.15) is 0 Å². The number of methoxy groups -OCH3 is 1. The number of benzene rings is 2. The topological polar surface area (TPSA) is 146 Å². The second-order valence-corrected chi connectivity index (χ2v) is 4.62. The minimum absolute atomic E-state index is 0.0245. The van der Waals surface area contributed by atoms with Crippen LogP contribution in [0.3, 0.4) is 0 Å². The van der Waals surface area contributed by atoms with Gasteiger partial charge in [0.25, 0.3) is 5.69 Å². The molecule has 3 rings (SSSR count). The summed E-state index contributed by atoms with van der Waals surface area (Å²) in [6.07, 6.45) is 0. The average Bonchev–Trinajstić information content (AvgIpc) is 3.02. The Morgan fingerprint density at radius 1 is 1.08 bits per heavy atom. The van der Waals surface area contributed by atoms with E-state index in [1.54, 1.807) is 0 Å². The molecule has 1 N–H and O–H groups in total. The Balaban J connectivity index is 2.12. The minimum Gasteiger partial charge on any atom is -0.496 e. The fraction of sp³-hybridized carbons (Fsp3) is 0.0769. The first-order valence-corrected chi connectivity index (χ1v) is 6.50. The monoisotopic (exact) mass is 331 g/mol. The van der Waals surface area contributed by atoms with Crippen LogP contribution in [0, 0.1) is 20.2 Å². The first-order chi connectivity index (χ1) is 11.5. The fourth-order valence-electron chi connectivity index (χ4n) is 2.16. The van der Waals surface area contributed by atoms with E-state index in [4.69, 9.17) is 4.74 Å². The summed E-state index contributed by atoms with van der Waals surface area (Å²) in [6.45, 7) is 0. The Hall–Kier alpha value is -3.76. The van der Waals surface area contributed by atoms with Crippen molar-refractivity contribution in [3.05, 3.63) is 50.6 Å². The number of ether oxygens (including phenoxy) is 1. The molecule has 0 bridgehead atoms. The second-order valence-electron chi connectivity index (χ2n) is 4.62. The van der Waals surface area contributed by atoms with Gasteiger partial charge in [-0.25, -0.2) is 4.63 Å². The Morgan fingerprint density at radius 2 is 1.83 bits per heavy atom. The Labute approximate surface area is 133 Å². The van der Waals surface area contributed by atoms with Gasteiger partial charge in [0.05, 0.1) is 23.0 Å². The summed E-state index contributed by atoms with van der Waals surface area (Å²) in [7, 11) is 1.38. The summed E-state index contributed by atoms with van der Waals surface area (Å²) in [5.41, 5.74) is -0.435. The normalized spacial score (nSPS) is 10.5. The lowest BCUT2D eigenvalue weighted by Gasteiger charge is -2.08. The maximum atomic E-state index is 11.3. The Bertz CT molecular complexity index is 953. The number of hydrogen-bond donors (Lipinski definition) is 1. The van der Waals surface area contributed by atoms with Gasteiger partial charge in [0.1, 0.15) is 22.6 Å². The molecule has 0 atom stereocenters. The van der Waals surface area contributed by atoms with Crippen molar-refractivity contribution in [1.29, 1.82) is 0 Å². The lowest BCUT2D eigenvalue weighted by atomic mass is 10.2. The van der Waals surface area contributed by atoms with Crippen molar-refractivity contribution >= 4 is 33.8 Å². The molecule has 0 saturated heterocycles. The molecule has 24 heavy (non-hydrogen) atoms. The number of anilines is 2. The van der Waals surface area contributed by atoms with Crippen molar-refractivity contribution in [3.8, 4) is 5.75 Å². The van der Waals surface area contributed by atoms with Crippen LogP contribution in [0.1, 0.15) is 0 Å². The molecule has 122 valence electrons. The quantitative estimate of drug-likeness (QED) is 0.550. The van der Waals surface area contributed by atoms with Gasteiger partial charge in [-0.1, -0.05) is 0 Å². The molecule has 0 spiro atoms. The van der Waals surface area contributed by atoms with Crippen LogP contribution in [-0.2, 0) is 0 Å². The molecule has 0 aliphatic rings. The van der Waals surface area contributed by atoms with Crippen LogP contribution in [0.2, 0.25) is 0 Å². The molecule has 0 aliphatic heterocycles. The number of nitro benzene ring substituents is 2. The zero-order chi connectivity index (χ0) is 17.3. The van der Waals surface area contributed by atoms with Gasteiger partial charge in [-0.15, -0.1) is 0 Å². The SMILES string of the molecule is COc1ccc(Nc2ccc3nonc3c2[N+](=O)[O-])c([N+](=O)[O-])c1. The number of nitrogens with one attached hydrogen (secondary N) is 1. The third-order valence-electron chi connectivity index (χ3n) is 3.25. The van der Waals surface area contributed by atoms with Crippen LogP contribution >= 0.6 is 0 Å². The minimum atomic E-state index is -0.662. The molecule has 0 aliphatic carbocycles. The summed E-state index contributed by atoms with van der Waals surface area (Å²) in [4.78, 5) is 21.3. The number of nitrogens with zero attached hydrogens (tertiary/aromatic N) is 4. The van der Waals surface area contributed by atoms with E-state index >= 15 is 0 Å². The zero-order valence-corrected chi connectivity index (χ0v) is 12.1. The van der Waals surface area contributed by atoms with Crippen LogP contribution in [0.4, 0.5) is 22.7 Å². The molecule has 1 aromatic heterocycles. The number of rotatable bonds is 5. The summed E-state index contributed by atoms with van der Waals surface area (Å²) >= 11 is 0. The molecule has 0 unspecified atom stereocenters. The molecule has 3 aromatic rings. The highest BCUT2D eigenvalue weighted by molar-refractivity contribution is 5.92. The Morgan fingerprint density at radius 3 is 2.50 bits per heavy atom. The van der Waals surface area contributed by atoms with Gasteiger partial charge in [-0.3, -0.25) is 20.2 Å². The number of hydrogen-bond acceptors (Lipinski definition) is 9. The van der Waals surface area contributed by atoms with E-state index in [-0.39, 0.29) is 39.5 Å². The van der Waals surface area contributed by atoms with Gasteiger partial charge < -0.3 is 10.1 Å². The highest BCUT2D eigenvalue weighted by Crippen LogP contribution is 2.37. The van der Waals surface area contributed by atoms with E-state index in [0.717, 1.165) is 0 Å². The van der Waals surface area contributed by atoms with Crippen molar-refractivity contribution in [3.63, 3.8) is 0 Å². The summed E-state index contributed by atoms with van der Waals surface area (Å²) < 4.78 is 9.44. The highest BCUT2D eigenvalue weighted by atomic mass is 16.6. The van der Waals surface area contributed by atoms with Crippen LogP contribution in [0.15, 0.2) is 35.0 Å². The largest absolute Gasteiger partial charge is 0.496 e. The predicted molar refractivity (Wildman–Crippen MR) is 81.4 cm³/mol. The van der Waals surface area contributed by atoms with Crippen molar-refractivity contribution in [2.24, 2.45) is 0 Å². The number of nitro groups is 2. The first kappa shape index (κ1) is 15.1. The van der Waals surface area contributed by atoms with Gasteiger partial charge >= 0.3 is 5.69 Å². The van der Waals surface area contributed by atoms with Gasteiger partial charge in [0, 0.05) is 0 Å². The van der Waals surface area contributed by atoms with Gasteiger partial charge in [-0.05, 0) is 34.6 Å². The molecule has 0 radical (unpaired) electrons. The predicted octanol–water partition coefficient (Wildman–Crippen LogP) is 2.79. The summed E-state index contributed by atoms with van der Waals surface area (Å²) in [6, 6.07) is 6.93. The van der Waals surface area contributed by atoms with Gasteiger partial charge in [0.2, 0.25) is 5.52 Å². The molecular weight excluding hydrogens is 322 g/mol. The zero-order valence-electron chi connectivity index (χ0n) is 12.1. The second kappa shape index (κ2) is 5.79. The highest BCUT2D eigenvalue weighted by Gasteiger charge is 2.25. The van der Waals surface area contributed by atoms with Gasteiger partial charge in [0.15, 0.2) is 0 Å². The lowest BCUT2D eigenvalue weighted by molar-refractivity contribution is -0.384. The van der Waals surface area contributed by atoms with Crippen molar-refractivity contribution in [2.45, 2.75) is 0 Å². The molecule has 0 saturated carbocycles.